The molecule has 0 bridgehead atoms. The third kappa shape index (κ3) is 3.84. The van der Waals surface area contributed by atoms with Crippen molar-refractivity contribution in [2.24, 2.45) is 0 Å². The molecule has 1 aromatic heterocycles. The zero-order chi connectivity index (χ0) is 22.1. The van der Waals surface area contributed by atoms with E-state index in [1.807, 2.05) is 6.92 Å². The molecule has 1 aliphatic rings. The lowest BCUT2D eigenvalue weighted by Gasteiger charge is -2.26. The van der Waals surface area contributed by atoms with E-state index in [4.69, 9.17) is 4.42 Å². The van der Waals surface area contributed by atoms with Crippen molar-refractivity contribution in [1.29, 1.82) is 0 Å². The smallest absolute Gasteiger partial charge is 0.335 e. The van der Waals surface area contributed by atoms with E-state index in [0.29, 0.717) is 17.0 Å². The number of anilines is 1. The fraction of sp³-hybridized carbons (Fsp3) is 0.0455. The second-order valence-electron chi connectivity index (χ2n) is 6.80. The number of nitro benzene ring substituents is 1. The molecule has 1 saturated heterocycles. The number of nitrogens with zero attached hydrogens (tertiary/aromatic N) is 2. The van der Waals surface area contributed by atoms with Crippen molar-refractivity contribution >= 4 is 35.3 Å². The standard InChI is InChI=1S/C22H15N3O6/c1-13-2-6-15(7-3-13)24-21(27)18(20(26)23-22(24)28)12-17-10-11-19(31-17)14-4-8-16(9-5-14)25(29)30/h2-12H,1H3,(H,23,26,28). The molecule has 2 aromatic carbocycles. The molecule has 2 heterocycles. The van der Waals surface area contributed by atoms with Crippen molar-refractivity contribution in [3.63, 3.8) is 0 Å². The lowest BCUT2D eigenvalue weighted by molar-refractivity contribution is -0.384. The van der Waals surface area contributed by atoms with Gasteiger partial charge in [0.25, 0.3) is 17.5 Å². The number of carbonyl (C=O) groups excluding carboxylic acids is 3. The molecule has 0 radical (unpaired) electrons. The van der Waals surface area contributed by atoms with Gasteiger partial charge in [-0.3, -0.25) is 25.0 Å². The van der Waals surface area contributed by atoms with E-state index in [2.05, 4.69) is 5.32 Å². The zero-order valence-corrected chi connectivity index (χ0v) is 16.2. The average molecular weight is 417 g/mol. The largest absolute Gasteiger partial charge is 0.457 e. The molecule has 1 aliphatic heterocycles. The Labute approximate surface area is 175 Å². The molecule has 1 fully saturated rings. The first-order valence-electron chi connectivity index (χ1n) is 9.16. The number of nitro groups is 1. The Kier molecular flexibility index (Phi) is 4.92. The predicted molar refractivity (Wildman–Crippen MR) is 111 cm³/mol. The molecule has 0 unspecified atom stereocenters. The van der Waals surface area contributed by atoms with E-state index in [1.54, 1.807) is 36.4 Å². The van der Waals surface area contributed by atoms with Gasteiger partial charge < -0.3 is 4.42 Å². The van der Waals surface area contributed by atoms with Gasteiger partial charge in [0.2, 0.25) is 0 Å². The van der Waals surface area contributed by atoms with Crippen LogP contribution in [0.5, 0.6) is 0 Å². The van der Waals surface area contributed by atoms with Gasteiger partial charge in [-0.05, 0) is 49.4 Å². The van der Waals surface area contributed by atoms with Crippen LogP contribution in [-0.2, 0) is 9.59 Å². The van der Waals surface area contributed by atoms with Crippen LogP contribution in [0.1, 0.15) is 11.3 Å². The summed E-state index contributed by atoms with van der Waals surface area (Å²) in [6, 6.07) is 14.8. The Bertz CT molecular complexity index is 1240. The van der Waals surface area contributed by atoms with Crippen LogP contribution < -0.4 is 10.2 Å². The summed E-state index contributed by atoms with van der Waals surface area (Å²) in [5, 5.41) is 12.9. The first-order valence-corrected chi connectivity index (χ1v) is 9.16. The van der Waals surface area contributed by atoms with E-state index in [9.17, 15) is 24.5 Å². The number of nitrogens with one attached hydrogen (secondary N) is 1. The first-order chi connectivity index (χ1) is 14.8. The molecule has 1 N–H and O–H groups in total. The van der Waals surface area contributed by atoms with Gasteiger partial charge in [0.1, 0.15) is 17.1 Å². The van der Waals surface area contributed by atoms with Crippen LogP contribution in [0, 0.1) is 17.0 Å². The summed E-state index contributed by atoms with van der Waals surface area (Å²) in [6.45, 7) is 1.87. The molecule has 4 rings (SSSR count). The number of non-ortho nitro benzene ring substituents is 1. The number of carbonyl (C=O) groups is 3. The molecule has 154 valence electrons. The van der Waals surface area contributed by atoms with E-state index >= 15 is 0 Å². The van der Waals surface area contributed by atoms with Gasteiger partial charge in [0.05, 0.1) is 10.6 Å². The maximum absolute atomic E-state index is 12.9. The number of hydrogen-bond acceptors (Lipinski definition) is 6. The Hall–Kier alpha value is -4.53. The molecule has 9 heteroatoms. The molecule has 0 aliphatic carbocycles. The quantitative estimate of drug-likeness (QED) is 0.298. The molecule has 3 aromatic rings. The summed E-state index contributed by atoms with van der Waals surface area (Å²) in [6.07, 6.45) is 1.25. The molecular formula is C22H15N3O6. The highest BCUT2D eigenvalue weighted by atomic mass is 16.6. The number of amides is 4. The van der Waals surface area contributed by atoms with Crippen LogP contribution >= 0.6 is 0 Å². The van der Waals surface area contributed by atoms with Crippen LogP contribution in [0.15, 0.2) is 70.7 Å². The number of aryl methyl sites for hydroxylation is 1. The van der Waals surface area contributed by atoms with Gasteiger partial charge in [0.15, 0.2) is 0 Å². The summed E-state index contributed by atoms with van der Waals surface area (Å²) < 4.78 is 5.67. The van der Waals surface area contributed by atoms with E-state index < -0.39 is 22.8 Å². The van der Waals surface area contributed by atoms with Crippen molar-refractivity contribution in [3.05, 3.63) is 87.7 Å². The highest BCUT2D eigenvalue weighted by Gasteiger charge is 2.37. The third-order valence-corrected chi connectivity index (χ3v) is 4.67. The van der Waals surface area contributed by atoms with Gasteiger partial charge in [0, 0.05) is 17.7 Å². The van der Waals surface area contributed by atoms with Crippen molar-refractivity contribution in [1.82, 2.24) is 5.32 Å². The molecular weight excluding hydrogens is 402 g/mol. The van der Waals surface area contributed by atoms with Crippen molar-refractivity contribution in [3.8, 4) is 11.3 Å². The van der Waals surface area contributed by atoms with Gasteiger partial charge >= 0.3 is 6.03 Å². The van der Waals surface area contributed by atoms with Crippen molar-refractivity contribution in [2.75, 3.05) is 4.90 Å². The summed E-state index contributed by atoms with van der Waals surface area (Å²) in [5.41, 5.74) is 1.56. The Morgan fingerprint density at radius 2 is 1.65 bits per heavy atom. The summed E-state index contributed by atoms with van der Waals surface area (Å²) in [7, 11) is 0. The van der Waals surface area contributed by atoms with Crippen molar-refractivity contribution < 1.29 is 23.7 Å². The number of benzene rings is 2. The minimum atomic E-state index is -0.831. The number of barbiturate groups is 1. The van der Waals surface area contributed by atoms with Gasteiger partial charge in [-0.1, -0.05) is 17.7 Å². The summed E-state index contributed by atoms with van der Waals surface area (Å²) >= 11 is 0. The number of furan rings is 1. The SMILES string of the molecule is Cc1ccc(N2C(=O)NC(=O)C(=Cc3ccc(-c4ccc([N+](=O)[O-])cc4)o3)C2=O)cc1. The van der Waals surface area contributed by atoms with Crippen LogP contribution in [-0.4, -0.2) is 22.8 Å². The Morgan fingerprint density at radius 1 is 0.968 bits per heavy atom. The van der Waals surface area contributed by atoms with E-state index in [-0.39, 0.29) is 17.0 Å². The van der Waals surface area contributed by atoms with Gasteiger partial charge in [-0.2, -0.15) is 0 Å². The van der Waals surface area contributed by atoms with Crippen molar-refractivity contribution in [2.45, 2.75) is 6.92 Å². The van der Waals surface area contributed by atoms with Crippen LogP contribution in [0.25, 0.3) is 17.4 Å². The molecule has 0 spiro atoms. The zero-order valence-electron chi connectivity index (χ0n) is 16.2. The molecule has 0 atom stereocenters. The minimum Gasteiger partial charge on any atom is -0.457 e. The second-order valence-corrected chi connectivity index (χ2v) is 6.80. The maximum atomic E-state index is 12.9. The Balaban J connectivity index is 1.63. The van der Waals surface area contributed by atoms with Gasteiger partial charge in [-0.25, -0.2) is 9.69 Å². The van der Waals surface area contributed by atoms with E-state index in [1.165, 1.54) is 30.3 Å². The van der Waals surface area contributed by atoms with Crippen LogP contribution in [0.3, 0.4) is 0 Å². The number of urea groups is 1. The molecule has 4 amide bonds. The predicted octanol–water partition coefficient (Wildman–Crippen LogP) is 3.83. The van der Waals surface area contributed by atoms with Gasteiger partial charge in [-0.15, -0.1) is 0 Å². The average Bonchev–Trinajstić information content (AvgIpc) is 3.21. The fourth-order valence-electron chi connectivity index (χ4n) is 3.06. The first kappa shape index (κ1) is 19.8. The monoisotopic (exact) mass is 417 g/mol. The lowest BCUT2D eigenvalue weighted by Crippen LogP contribution is -2.54. The fourth-order valence-corrected chi connectivity index (χ4v) is 3.06. The minimum absolute atomic E-state index is 0.0528. The molecule has 0 saturated carbocycles. The number of imide groups is 2. The second kappa shape index (κ2) is 7.71. The van der Waals surface area contributed by atoms with E-state index in [0.717, 1.165) is 10.5 Å². The number of hydrogen-bond donors (Lipinski definition) is 1. The number of rotatable bonds is 4. The summed E-state index contributed by atoms with van der Waals surface area (Å²) in [5.74, 6) is -0.987. The highest BCUT2D eigenvalue weighted by molar-refractivity contribution is 6.39. The lowest BCUT2D eigenvalue weighted by atomic mass is 10.1. The topological polar surface area (TPSA) is 123 Å². The van der Waals surface area contributed by atoms with Crippen LogP contribution in [0.4, 0.5) is 16.2 Å². The highest BCUT2D eigenvalue weighted by Crippen LogP contribution is 2.27. The summed E-state index contributed by atoms with van der Waals surface area (Å²) in [4.78, 5) is 48.6. The van der Waals surface area contributed by atoms with Crippen LogP contribution in [0.2, 0.25) is 0 Å². The Morgan fingerprint density at radius 3 is 2.29 bits per heavy atom. The maximum Gasteiger partial charge on any atom is 0.335 e. The normalized spacial score (nSPS) is 15.3. The third-order valence-electron chi connectivity index (χ3n) is 4.67. The molecule has 9 nitrogen and oxygen atoms in total. The molecule has 31 heavy (non-hydrogen) atoms.